The molecule has 2 aromatic carbocycles. The molecule has 0 atom stereocenters. The highest BCUT2D eigenvalue weighted by atomic mass is 16.5. The van der Waals surface area contributed by atoms with Gasteiger partial charge in [-0.3, -0.25) is 0 Å². The van der Waals surface area contributed by atoms with Gasteiger partial charge >= 0.3 is 0 Å². The number of aryl methyl sites for hydroxylation is 1. The predicted octanol–water partition coefficient (Wildman–Crippen LogP) is 3.91. The highest BCUT2D eigenvalue weighted by molar-refractivity contribution is 5.75. The van der Waals surface area contributed by atoms with Crippen LogP contribution in [-0.2, 0) is 0 Å². The number of ether oxygens (including phenoxy) is 4. The molecule has 0 fully saturated rings. The zero-order valence-electron chi connectivity index (χ0n) is 14.5. The third-order valence-electron chi connectivity index (χ3n) is 3.71. The van der Waals surface area contributed by atoms with Crippen molar-refractivity contribution in [2.75, 3.05) is 28.4 Å². The molecule has 0 aliphatic rings. The fraction of sp³-hybridized carbons (Fsp3) is 0.263. The molecular formula is C19H22O5. The summed E-state index contributed by atoms with van der Waals surface area (Å²) in [5, 5.41) is 9.80. The second-order valence-electron chi connectivity index (χ2n) is 5.17. The van der Waals surface area contributed by atoms with Gasteiger partial charge in [0.05, 0.1) is 28.4 Å². The van der Waals surface area contributed by atoms with Gasteiger partial charge in [0.25, 0.3) is 0 Å². The van der Waals surface area contributed by atoms with Gasteiger partial charge in [0.1, 0.15) is 0 Å². The number of methoxy groups -OCH3 is 4. The SMILES string of the molecule is COc1cc(/C=C\c2cc(OC)c(OC)c(OC)c2)c(C)cc1O. The van der Waals surface area contributed by atoms with E-state index >= 15 is 0 Å². The van der Waals surface area contributed by atoms with E-state index in [0.29, 0.717) is 23.0 Å². The van der Waals surface area contributed by atoms with Crippen molar-refractivity contribution in [1.82, 2.24) is 0 Å². The molecule has 0 aliphatic heterocycles. The zero-order chi connectivity index (χ0) is 17.7. The van der Waals surface area contributed by atoms with Gasteiger partial charge in [-0.25, -0.2) is 0 Å². The van der Waals surface area contributed by atoms with E-state index in [4.69, 9.17) is 18.9 Å². The predicted molar refractivity (Wildman–Crippen MR) is 94.4 cm³/mol. The van der Waals surface area contributed by atoms with E-state index < -0.39 is 0 Å². The van der Waals surface area contributed by atoms with Crippen LogP contribution < -0.4 is 18.9 Å². The fourth-order valence-electron chi connectivity index (χ4n) is 2.42. The van der Waals surface area contributed by atoms with Crippen molar-refractivity contribution in [2.45, 2.75) is 6.92 Å². The maximum Gasteiger partial charge on any atom is 0.203 e. The lowest BCUT2D eigenvalue weighted by Crippen LogP contribution is -1.95. The van der Waals surface area contributed by atoms with Crippen LogP contribution in [0.25, 0.3) is 12.2 Å². The Hall–Kier alpha value is -2.82. The van der Waals surface area contributed by atoms with Crippen molar-refractivity contribution in [2.24, 2.45) is 0 Å². The summed E-state index contributed by atoms with van der Waals surface area (Å²) >= 11 is 0. The first kappa shape index (κ1) is 17.5. The van der Waals surface area contributed by atoms with E-state index in [1.165, 1.54) is 7.11 Å². The fourth-order valence-corrected chi connectivity index (χ4v) is 2.42. The lowest BCUT2D eigenvalue weighted by atomic mass is 10.1. The van der Waals surface area contributed by atoms with Crippen LogP contribution in [0.1, 0.15) is 16.7 Å². The van der Waals surface area contributed by atoms with Gasteiger partial charge in [-0.2, -0.15) is 0 Å². The summed E-state index contributed by atoms with van der Waals surface area (Å²) in [5.74, 6) is 2.30. The molecule has 0 unspecified atom stereocenters. The lowest BCUT2D eigenvalue weighted by Gasteiger charge is -2.13. The Kier molecular flexibility index (Phi) is 5.58. The van der Waals surface area contributed by atoms with E-state index in [2.05, 4.69) is 0 Å². The monoisotopic (exact) mass is 330 g/mol. The van der Waals surface area contributed by atoms with Crippen LogP contribution in [-0.4, -0.2) is 33.5 Å². The average molecular weight is 330 g/mol. The Balaban J connectivity index is 2.42. The quantitative estimate of drug-likeness (QED) is 0.814. The molecule has 0 amide bonds. The topological polar surface area (TPSA) is 57.2 Å². The van der Waals surface area contributed by atoms with Crippen LogP contribution in [0.5, 0.6) is 28.7 Å². The van der Waals surface area contributed by atoms with Crippen LogP contribution >= 0.6 is 0 Å². The Morgan fingerprint density at radius 3 is 1.83 bits per heavy atom. The van der Waals surface area contributed by atoms with Gasteiger partial charge in [-0.05, 0) is 47.9 Å². The third-order valence-corrected chi connectivity index (χ3v) is 3.71. The van der Waals surface area contributed by atoms with Crippen molar-refractivity contribution in [3.8, 4) is 28.7 Å². The van der Waals surface area contributed by atoms with Crippen molar-refractivity contribution >= 4 is 12.2 Å². The molecule has 0 aliphatic carbocycles. The van der Waals surface area contributed by atoms with Gasteiger partial charge in [0.2, 0.25) is 5.75 Å². The first-order valence-electron chi connectivity index (χ1n) is 7.39. The Morgan fingerprint density at radius 2 is 1.33 bits per heavy atom. The second-order valence-corrected chi connectivity index (χ2v) is 5.17. The Labute approximate surface area is 142 Å². The van der Waals surface area contributed by atoms with Gasteiger partial charge in [-0.1, -0.05) is 12.2 Å². The molecule has 0 saturated heterocycles. The average Bonchev–Trinajstić information content (AvgIpc) is 2.59. The lowest BCUT2D eigenvalue weighted by molar-refractivity contribution is 0.324. The van der Waals surface area contributed by atoms with Crippen LogP contribution in [0, 0.1) is 6.92 Å². The molecular weight excluding hydrogens is 308 g/mol. The number of aromatic hydroxyl groups is 1. The summed E-state index contributed by atoms with van der Waals surface area (Å²) < 4.78 is 21.2. The summed E-state index contributed by atoms with van der Waals surface area (Å²) in [6.07, 6.45) is 3.88. The van der Waals surface area contributed by atoms with E-state index in [-0.39, 0.29) is 5.75 Å². The summed E-state index contributed by atoms with van der Waals surface area (Å²) in [4.78, 5) is 0. The molecule has 1 N–H and O–H groups in total. The van der Waals surface area contributed by atoms with Gasteiger partial charge < -0.3 is 24.1 Å². The molecule has 2 aromatic rings. The van der Waals surface area contributed by atoms with Crippen LogP contribution in [0.3, 0.4) is 0 Å². The van der Waals surface area contributed by atoms with E-state index in [1.807, 2.05) is 31.2 Å². The summed E-state index contributed by atoms with van der Waals surface area (Å²) in [6, 6.07) is 7.20. The van der Waals surface area contributed by atoms with Gasteiger partial charge in [0, 0.05) is 0 Å². The molecule has 5 heteroatoms. The molecule has 5 nitrogen and oxygen atoms in total. The number of phenols is 1. The van der Waals surface area contributed by atoms with Crippen molar-refractivity contribution in [3.05, 3.63) is 41.0 Å². The maximum absolute atomic E-state index is 9.80. The van der Waals surface area contributed by atoms with Crippen molar-refractivity contribution in [1.29, 1.82) is 0 Å². The number of rotatable bonds is 6. The minimum atomic E-state index is 0.125. The molecule has 0 aromatic heterocycles. The molecule has 24 heavy (non-hydrogen) atoms. The normalized spacial score (nSPS) is 10.7. The number of benzene rings is 2. The van der Waals surface area contributed by atoms with E-state index in [9.17, 15) is 5.11 Å². The summed E-state index contributed by atoms with van der Waals surface area (Å²) in [5.41, 5.74) is 2.78. The van der Waals surface area contributed by atoms with Crippen molar-refractivity contribution in [3.63, 3.8) is 0 Å². The molecule has 0 spiro atoms. The minimum Gasteiger partial charge on any atom is -0.504 e. The largest absolute Gasteiger partial charge is 0.504 e. The molecule has 0 bridgehead atoms. The molecule has 0 radical (unpaired) electrons. The highest BCUT2D eigenvalue weighted by Crippen LogP contribution is 2.39. The smallest absolute Gasteiger partial charge is 0.203 e. The standard InChI is InChI=1S/C19H22O5/c1-12-8-15(20)16(21-2)11-14(12)7-6-13-9-17(22-3)19(24-5)18(10-13)23-4/h6-11,20H,1-5H3/b7-6-. The molecule has 128 valence electrons. The zero-order valence-corrected chi connectivity index (χ0v) is 14.5. The second kappa shape index (κ2) is 7.64. The van der Waals surface area contributed by atoms with E-state index in [1.54, 1.807) is 33.5 Å². The number of hydrogen-bond acceptors (Lipinski definition) is 5. The maximum atomic E-state index is 9.80. The Morgan fingerprint density at radius 1 is 0.750 bits per heavy atom. The van der Waals surface area contributed by atoms with Gasteiger partial charge in [-0.15, -0.1) is 0 Å². The number of phenolic OH excluding ortho intramolecular Hbond substituents is 1. The first-order valence-corrected chi connectivity index (χ1v) is 7.39. The molecule has 0 saturated carbocycles. The van der Waals surface area contributed by atoms with Crippen LogP contribution in [0.2, 0.25) is 0 Å². The molecule has 2 rings (SSSR count). The third kappa shape index (κ3) is 3.56. The molecule has 0 heterocycles. The Bertz CT molecular complexity index is 725. The van der Waals surface area contributed by atoms with Crippen LogP contribution in [0.4, 0.5) is 0 Å². The number of hydrogen-bond donors (Lipinski definition) is 1. The summed E-state index contributed by atoms with van der Waals surface area (Å²) in [7, 11) is 6.26. The van der Waals surface area contributed by atoms with Crippen LogP contribution in [0.15, 0.2) is 24.3 Å². The van der Waals surface area contributed by atoms with E-state index in [0.717, 1.165) is 16.7 Å². The summed E-state index contributed by atoms with van der Waals surface area (Å²) in [6.45, 7) is 1.92. The van der Waals surface area contributed by atoms with Gasteiger partial charge in [0.15, 0.2) is 23.0 Å². The van der Waals surface area contributed by atoms with Crippen molar-refractivity contribution < 1.29 is 24.1 Å². The highest BCUT2D eigenvalue weighted by Gasteiger charge is 2.12. The minimum absolute atomic E-state index is 0.125. The first-order chi connectivity index (χ1) is 11.5.